The first-order chi connectivity index (χ1) is 12.6. The number of furan rings is 1. The Balaban J connectivity index is 1.48. The maximum Gasteiger partial charge on any atom is 0.287 e. The Bertz CT molecular complexity index is 878. The summed E-state index contributed by atoms with van der Waals surface area (Å²) < 4.78 is 5.63. The molecule has 0 atom stereocenters. The van der Waals surface area contributed by atoms with Crippen LogP contribution in [0.25, 0.3) is 0 Å². The highest BCUT2D eigenvalue weighted by Gasteiger charge is 2.11. The van der Waals surface area contributed by atoms with Crippen molar-refractivity contribution in [3.05, 3.63) is 93.4 Å². The van der Waals surface area contributed by atoms with Gasteiger partial charge in [-0.25, -0.2) is 0 Å². The quantitative estimate of drug-likeness (QED) is 0.527. The van der Waals surface area contributed by atoms with Crippen molar-refractivity contribution >= 4 is 40.9 Å². The molecule has 0 saturated carbocycles. The van der Waals surface area contributed by atoms with E-state index in [4.69, 9.17) is 27.6 Å². The molecule has 0 aliphatic heterocycles. The van der Waals surface area contributed by atoms with Crippen LogP contribution in [0.1, 0.15) is 27.4 Å². The molecule has 0 aliphatic rings. The second-order valence-corrected chi connectivity index (χ2v) is 7.49. The first-order valence-corrected chi connectivity index (χ1v) is 9.95. The molecule has 1 N–H and O–H groups in total. The zero-order chi connectivity index (χ0) is 18.4. The van der Waals surface area contributed by atoms with Crippen molar-refractivity contribution in [2.24, 2.45) is 0 Å². The highest BCUT2D eigenvalue weighted by atomic mass is 35.5. The van der Waals surface area contributed by atoms with E-state index in [1.807, 2.05) is 48.5 Å². The van der Waals surface area contributed by atoms with Gasteiger partial charge < -0.3 is 9.73 Å². The van der Waals surface area contributed by atoms with Gasteiger partial charge in [0.2, 0.25) is 0 Å². The average molecular weight is 406 g/mol. The van der Waals surface area contributed by atoms with Crippen molar-refractivity contribution in [3.8, 4) is 0 Å². The van der Waals surface area contributed by atoms with Crippen molar-refractivity contribution in [2.45, 2.75) is 18.1 Å². The SMILES string of the molecule is O=C(NCc1ccccc1Cl)c1ccc(CSCc2ccc(Cl)cc2)o1. The van der Waals surface area contributed by atoms with Gasteiger partial charge in [-0.1, -0.05) is 53.5 Å². The Kier molecular flexibility index (Phi) is 6.67. The molecular formula is C20H17Cl2NO2S. The van der Waals surface area contributed by atoms with Gasteiger partial charge in [-0.3, -0.25) is 4.79 Å². The van der Waals surface area contributed by atoms with Gasteiger partial charge in [-0.05, 0) is 41.5 Å². The molecule has 3 nitrogen and oxygen atoms in total. The largest absolute Gasteiger partial charge is 0.455 e. The van der Waals surface area contributed by atoms with E-state index in [0.717, 1.165) is 22.1 Å². The molecule has 0 bridgehead atoms. The number of rotatable bonds is 7. The van der Waals surface area contributed by atoms with Crippen molar-refractivity contribution in [1.29, 1.82) is 0 Å². The van der Waals surface area contributed by atoms with E-state index >= 15 is 0 Å². The Morgan fingerprint density at radius 3 is 2.50 bits per heavy atom. The second kappa shape index (κ2) is 9.17. The second-order valence-electron chi connectivity index (χ2n) is 5.66. The Morgan fingerprint density at radius 2 is 1.73 bits per heavy atom. The standard InChI is InChI=1S/C20H17Cl2NO2S/c21-16-7-5-14(6-8-16)12-26-13-17-9-10-19(25-17)20(24)23-11-15-3-1-2-4-18(15)22/h1-10H,11-13H2,(H,23,24). The lowest BCUT2D eigenvalue weighted by atomic mass is 10.2. The number of carbonyl (C=O) groups is 1. The number of thioether (sulfide) groups is 1. The van der Waals surface area contributed by atoms with E-state index < -0.39 is 0 Å². The molecule has 3 rings (SSSR count). The van der Waals surface area contributed by atoms with Crippen molar-refractivity contribution in [3.63, 3.8) is 0 Å². The van der Waals surface area contributed by atoms with Gasteiger partial charge in [0.25, 0.3) is 5.91 Å². The lowest BCUT2D eigenvalue weighted by Gasteiger charge is -2.05. The minimum absolute atomic E-state index is 0.251. The predicted molar refractivity (Wildman–Crippen MR) is 108 cm³/mol. The summed E-state index contributed by atoms with van der Waals surface area (Å²) in [4.78, 5) is 12.2. The molecule has 1 aromatic heterocycles. The smallest absolute Gasteiger partial charge is 0.287 e. The highest BCUT2D eigenvalue weighted by molar-refractivity contribution is 7.97. The zero-order valence-electron chi connectivity index (χ0n) is 13.9. The molecular weight excluding hydrogens is 389 g/mol. The minimum Gasteiger partial charge on any atom is -0.455 e. The number of carbonyl (C=O) groups excluding carboxylic acids is 1. The van der Waals surface area contributed by atoms with E-state index in [1.165, 1.54) is 5.56 Å². The summed E-state index contributed by atoms with van der Waals surface area (Å²) in [5.41, 5.74) is 2.07. The normalized spacial score (nSPS) is 10.7. The molecule has 3 aromatic rings. The van der Waals surface area contributed by atoms with Gasteiger partial charge in [0.15, 0.2) is 5.76 Å². The van der Waals surface area contributed by atoms with E-state index in [1.54, 1.807) is 23.9 Å². The summed E-state index contributed by atoms with van der Waals surface area (Å²) >= 11 is 13.7. The first kappa shape index (κ1) is 18.9. The fraction of sp³-hybridized carbons (Fsp3) is 0.150. The zero-order valence-corrected chi connectivity index (χ0v) is 16.2. The Labute approximate surface area is 166 Å². The van der Waals surface area contributed by atoms with Gasteiger partial charge in [0, 0.05) is 22.3 Å². The third-order valence-corrected chi connectivity index (χ3v) is 5.36. The number of halogens is 2. The third-order valence-electron chi connectivity index (χ3n) is 3.71. The maximum atomic E-state index is 12.2. The van der Waals surface area contributed by atoms with Gasteiger partial charge in [0.1, 0.15) is 5.76 Å². The molecule has 2 aromatic carbocycles. The van der Waals surface area contributed by atoms with E-state index in [2.05, 4.69) is 5.32 Å². The van der Waals surface area contributed by atoms with Gasteiger partial charge >= 0.3 is 0 Å². The lowest BCUT2D eigenvalue weighted by molar-refractivity contribution is 0.0922. The topological polar surface area (TPSA) is 42.2 Å². The van der Waals surface area contributed by atoms with Crippen LogP contribution in [0.15, 0.2) is 65.1 Å². The molecule has 134 valence electrons. The molecule has 0 fully saturated rings. The maximum absolute atomic E-state index is 12.2. The van der Waals surface area contributed by atoms with Gasteiger partial charge in [0.05, 0.1) is 5.75 Å². The number of amides is 1. The molecule has 6 heteroatoms. The molecule has 26 heavy (non-hydrogen) atoms. The van der Waals surface area contributed by atoms with Crippen LogP contribution in [-0.4, -0.2) is 5.91 Å². The number of benzene rings is 2. The lowest BCUT2D eigenvalue weighted by Crippen LogP contribution is -2.22. The average Bonchev–Trinajstić information content (AvgIpc) is 3.11. The van der Waals surface area contributed by atoms with Crippen molar-refractivity contribution in [2.75, 3.05) is 0 Å². The van der Waals surface area contributed by atoms with Crippen molar-refractivity contribution in [1.82, 2.24) is 5.32 Å². The van der Waals surface area contributed by atoms with Crippen LogP contribution in [0, 0.1) is 0 Å². The molecule has 0 unspecified atom stereocenters. The molecule has 0 radical (unpaired) electrons. The highest BCUT2D eigenvalue weighted by Crippen LogP contribution is 2.21. The van der Waals surface area contributed by atoms with Gasteiger partial charge in [-0.15, -0.1) is 11.8 Å². The van der Waals surface area contributed by atoms with E-state index in [-0.39, 0.29) is 5.91 Å². The van der Waals surface area contributed by atoms with E-state index in [9.17, 15) is 4.79 Å². The molecule has 0 spiro atoms. The van der Waals surface area contributed by atoms with Crippen LogP contribution in [0.2, 0.25) is 10.0 Å². The molecule has 1 amide bonds. The van der Waals surface area contributed by atoms with Crippen LogP contribution in [0.3, 0.4) is 0 Å². The Hall–Kier alpha value is -1.88. The summed E-state index contributed by atoms with van der Waals surface area (Å²) in [6.07, 6.45) is 0. The van der Waals surface area contributed by atoms with Crippen LogP contribution < -0.4 is 5.32 Å². The predicted octanol–water partition coefficient (Wildman–Crippen LogP) is 5.95. The summed E-state index contributed by atoms with van der Waals surface area (Å²) in [6, 6.07) is 18.7. The van der Waals surface area contributed by atoms with Gasteiger partial charge in [-0.2, -0.15) is 0 Å². The van der Waals surface area contributed by atoms with Crippen LogP contribution >= 0.6 is 35.0 Å². The number of nitrogens with one attached hydrogen (secondary N) is 1. The number of hydrogen-bond acceptors (Lipinski definition) is 3. The monoisotopic (exact) mass is 405 g/mol. The Morgan fingerprint density at radius 1 is 0.962 bits per heavy atom. The third kappa shape index (κ3) is 5.31. The van der Waals surface area contributed by atoms with Crippen molar-refractivity contribution < 1.29 is 9.21 Å². The fourth-order valence-corrected chi connectivity index (χ4v) is 3.55. The first-order valence-electron chi connectivity index (χ1n) is 8.04. The summed E-state index contributed by atoms with van der Waals surface area (Å²) in [5, 5.41) is 4.18. The van der Waals surface area contributed by atoms with Crippen LogP contribution in [0.5, 0.6) is 0 Å². The van der Waals surface area contributed by atoms with Crippen LogP contribution in [-0.2, 0) is 18.1 Å². The minimum atomic E-state index is -0.251. The molecule has 0 aliphatic carbocycles. The fourth-order valence-electron chi connectivity index (χ4n) is 2.33. The molecule has 0 saturated heterocycles. The summed E-state index contributed by atoms with van der Waals surface area (Å²) in [7, 11) is 0. The van der Waals surface area contributed by atoms with E-state index in [0.29, 0.717) is 23.1 Å². The van der Waals surface area contributed by atoms with Crippen LogP contribution in [0.4, 0.5) is 0 Å². The molecule has 1 heterocycles. The summed E-state index contributed by atoms with van der Waals surface area (Å²) in [5.74, 6) is 2.37. The number of hydrogen-bond donors (Lipinski definition) is 1. The summed E-state index contributed by atoms with van der Waals surface area (Å²) in [6.45, 7) is 0.361.